The molecule has 0 saturated carbocycles. The van der Waals surface area contributed by atoms with E-state index in [1.165, 1.54) is 22.3 Å². The van der Waals surface area contributed by atoms with E-state index in [1.807, 2.05) is 6.07 Å². The van der Waals surface area contributed by atoms with Crippen molar-refractivity contribution < 1.29 is 19.8 Å². The Labute approximate surface area is 156 Å². The molecule has 0 spiro atoms. The lowest BCUT2D eigenvalue weighted by atomic mass is 9.72. The van der Waals surface area contributed by atoms with E-state index < -0.39 is 11.9 Å². The molecular weight excluding hydrogens is 354 g/mol. The number of nitrogens with zero attached hydrogens (tertiary/aromatic N) is 1. The molecule has 4 rings (SSSR count). The van der Waals surface area contributed by atoms with Gasteiger partial charge in [-0.05, 0) is 43.1 Å². The van der Waals surface area contributed by atoms with Gasteiger partial charge in [0.25, 0.3) is 0 Å². The molecule has 2 unspecified atom stereocenters. The lowest BCUT2D eigenvalue weighted by molar-refractivity contribution is -0.159. The summed E-state index contributed by atoms with van der Waals surface area (Å²) in [5.41, 5.74) is 5.40. The van der Waals surface area contributed by atoms with E-state index in [1.54, 1.807) is 0 Å². The summed E-state index contributed by atoms with van der Waals surface area (Å²) in [4.78, 5) is 20.7. The van der Waals surface area contributed by atoms with E-state index >= 15 is 0 Å². The van der Waals surface area contributed by atoms with Crippen molar-refractivity contribution in [2.75, 3.05) is 7.05 Å². The number of halogens is 1. The third-order valence-electron chi connectivity index (χ3n) is 5.78. The molecular formula is C20H20ClNO4. The zero-order valence-electron chi connectivity index (χ0n) is 14.8. The van der Waals surface area contributed by atoms with Crippen molar-refractivity contribution in [2.45, 2.75) is 31.3 Å². The summed E-state index contributed by atoms with van der Waals surface area (Å²) in [7, 11) is 2.24. The van der Waals surface area contributed by atoms with Crippen molar-refractivity contribution in [1.82, 2.24) is 4.90 Å². The standard InChI is InChI=1S/C18H18ClN.C2H2O4/c1-4-18-13-9-6-5-8-12(13)17(2,20(18)3)16-14(18)10-7-11-15(16)19;3-1(4)2(5)6/h5-11H,4H2,1-3H3;(H,3,4)(H,5,6). The van der Waals surface area contributed by atoms with Gasteiger partial charge in [-0.3, -0.25) is 4.90 Å². The fourth-order valence-corrected chi connectivity index (χ4v) is 4.98. The van der Waals surface area contributed by atoms with E-state index in [9.17, 15) is 0 Å². The van der Waals surface area contributed by atoms with Gasteiger partial charge in [-0.1, -0.05) is 54.9 Å². The first-order chi connectivity index (χ1) is 12.2. The number of carbonyl (C=O) groups is 2. The van der Waals surface area contributed by atoms with Crippen LogP contribution in [0.15, 0.2) is 42.5 Å². The number of hydrogen-bond donors (Lipinski definition) is 2. The van der Waals surface area contributed by atoms with Crippen molar-refractivity contribution in [3.05, 3.63) is 69.7 Å². The number of benzene rings is 2. The predicted molar refractivity (Wildman–Crippen MR) is 98.5 cm³/mol. The summed E-state index contributed by atoms with van der Waals surface area (Å²) in [6.45, 7) is 4.58. The molecule has 2 bridgehead atoms. The second-order valence-electron chi connectivity index (χ2n) is 6.66. The molecule has 0 fully saturated rings. The van der Waals surface area contributed by atoms with Crippen LogP contribution in [0.5, 0.6) is 0 Å². The number of carboxylic acids is 2. The molecule has 26 heavy (non-hydrogen) atoms. The molecule has 2 aromatic carbocycles. The second-order valence-corrected chi connectivity index (χ2v) is 7.07. The van der Waals surface area contributed by atoms with Crippen LogP contribution in [0.2, 0.25) is 5.02 Å². The molecule has 0 aliphatic carbocycles. The summed E-state index contributed by atoms with van der Waals surface area (Å²) in [5, 5.41) is 15.7. The van der Waals surface area contributed by atoms with Crippen molar-refractivity contribution in [2.24, 2.45) is 0 Å². The van der Waals surface area contributed by atoms with Crippen LogP contribution < -0.4 is 0 Å². The zero-order valence-corrected chi connectivity index (χ0v) is 15.5. The lowest BCUT2D eigenvalue weighted by Gasteiger charge is -2.35. The Morgan fingerprint density at radius 3 is 2.08 bits per heavy atom. The van der Waals surface area contributed by atoms with Gasteiger partial charge < -0.3 is 10.2 Å². The molecule has 2 aliphatic rings. The van der Waals surface area contributed by atoms with Crippen molar-refractivity contribution in [3.8, 4) is 0 Å². The highest BCUT2D eigenvalue weighted by Crippen LogP contribution is 2.64. The third kappa shape index (κ3) is 2.14. The monoisotopic (exact) mass is 373 g/mol. The van der Waals surface area contributed by atoms with E-state index in [0.29, 0.717) is 0 Å². The number of carboxylic acid groups (broad SMARTS) is 2. The van der Waals surface area contributed by atoms with Gasteiger partial charge in [0.05, 0.1) is 11.1 Å². The maximum atomic E-state index is 9.10. The zero-order chi connectivity index (χ0) is 19.3. The SMILES string of the molecule is CCC12c3ccccc3C(C)(c3c(Cl)cccc31)N2C.O=C(O)C(=O)O. The quantitative estimate of drug-likeness (QED) is 0.746. The highest BCUT2D eigenvalue weighted by molar-refractivity contribution is 6.31. The summed E-state index contributed by atoms with van der Waals surface area (Å²) in [6.07, 6.45) is 1.06. The molecule has 2 N–H and O–H groups in total. The molecule has 2 atom stereocenters. The molecule has 2 heterocycles. The Bertz CT molecular complexity index is 900. The first-order valence-electron chi connectivity index (χ1n) is 8.32. The number of hydrogen-bond acceptors (Lipinski definition) is 3. The maximum Gasteiger partial charge on any atom is 0.414 e. The van der Waals surface area contributed by atoms with Crippen molar-refractivity contribution in [3.63, 3.8) is 0 Å². The van der Waals surface area contributed by atoms with Gasteiger partial charge in [0.15, 0.2) is 0 Å². The Morgan fingerprint density at radius 2 is 1.54 bits per heavy atom. The minimum Gasteiger partial charge on any atom is -0.473 e. The van der Waals surface area contributed by atoms with Gasteiger partial charge in [0.2, 0.25) is 0 Å². The molecule has 136 valence electrons. The highest BCUT2D eigenvalue weighted by Gasteiger charge is 2.62. The van der Waals surface area contributed by atoms with Crippen LogP contribution in [0.3, 0.4) is 0 Å². The van der Waals surface area contributed by atoms with Gasteiger partial charge in [-0.25, -0.2) is 9.59 Å². The maximum absolute atomic E-state index is 9.10. The highest BCUT2D eigenvalue weighted by atomic mass is 35.5. The van der Waals surface area contributed by atoms with Crippen LogP contribution in [-0.4, -0.2) is 34.1 Å². The Kier molecular flexibility index (Phi) is 4.33. The van der Waals surface area contributed by atoms with E-state index in [2.05, 4.69) is 62.2 Å². The van der Waals surface area contributed by atoms with Crippen LogP contribution in [0.25, 0.3) is 0 Å². The third-order valence-corrected chi connectivity index (χ3v) is 6.10. The van der Waals surface area contributed by atoms with Gasteiger partial charge in [-0.2, -0.15) is 0 Å². The largest absolute Gasteiger partial charge is 0.473 e. The van der Waals surface area contributed by atoms with Crippen LogP contribution in [0.1, 0.15) is 42.5 Å². The van der Waals surface area contributed by atoms with Crippen LogP contribution >= 0.6 is 11.6 Å². The Balaban J connectivity index is 0.000000286. The fraction of sp³-hybridized carbons (Fsp3) is 0.300. The average molecular weight is 374 g/mol. The number of aliphatic carboxylic acids is 2. The van der Waals surface area contributed by atoms with Gasteiger partial charge >= 0.3 is 11.9 Å². The molecule has 6 heteroatoms. The predicted octanol–water partition coefficient (Wildman–Crippen LogP) is 3.67. The van der Waals surface area contributed by atoms with Crippen LogP contribution in [0, 0.1) is 0 Å². The minimum atomic E-state index is -1.82. The van der Waals surface area contributed by atoms with E-state index in [4.69, 9.17) is 31.4 Å². The first-order valence-corrected chi connectivity index (χ1v) is 8.70. The second kappa shape index (κ2) is 6.11. The normalized spacial score (nSPS) is 25.1. The topological polar surface area (TPSA) is 77.8 Å². The molecule has 0 amide bonds. The summed E-state index contributed by atoms with van der Waals surface area (Å²) < 4.78 is 0. The van der Waals surface area contributed by atoms with Crippen molar-refractivity contribution >= 4 is 23.5 Å². The van der Waals surface area contributed by atoms with Gasteiger partial charge in [0.1, 0.15) is 0 Å². The molecule has 0 radical (unpaired) electrons. The smallest absolute Gasteiger partial charge is 0.414 e. The van der Waals surface area contributed by atoms with E-state index in [0.717, 1.165) is 11.4 Å². The van der Waals surface area contributed by atoms with Gasteiger partial charge in [-0.15, -0.1) is 0 Å². The Hall–Kier alpha value is -2.37. The van der Waals surface area contributed by atoms with Crippen LogP contribution in [-0.2, 0) is 20.7 Å². The molecule has 0 saturated heterocycles. The van der Waals surface area contributed by atoms with Crippen LogP contribution in [0.4, 0.5) is 0 Å². The molecule has 0 aromatic heterocycles. The fourth-order valence-electron chi connectivity index (χ4n) is 4.62. The lowest BCUT2D eigenvalue weighted by Crippen LogP contribution is -2.40. The van der Waals surface area contributed by atoms with Crippen molar-refractivity contribution in [1.29, 1.82) is 0 Å². The molecule has 5 nitrogen and oxygen atoms in total. The summed E-state index contributed by atoms with van der Waals surface area (Å²) in [6, 6.07) is 15.2. The minimum absolute atomic E-state index is 0.0222. The van der Waals surface area contributed by atoms with Gasteiger partial charge in [0, 0.05) is 10.6 Å². The average Bonchev–Trinajstić information content (AvgIpc) is 2.94. The molecule has 2 aliphatic heterocycles. The summed E-state index contributed by atoms with van der Waals surface area (Å²) >= 11 is 6.58. The number of fused-ring (bicyclic) bond motifs is 8. The summed E-state index contributed by atoms with van der Waals surface area (Å²) in [5.74, 6) is -3.65. The first kappa shape index (κ1) is 18.4. The Morgan fingerprint density at radius 1 is 1.00 bits per heavy atom. The number of rotatable bonds is 1. The van der Waals surface area contributed by atoms with E-state index in [-0.39, 0.29) is 11.1 Å². The molecule has 2 aromatic rings.